The quantitative estimate of drug-likeness (QED) is 0.475. The average Bonchev–Trinajstić information content (AvgIpc) is 3.31. The number of rotatable bonds is 8. The fourth-order valence-electron chi connectivity index (χ4n) is 3.24. The van der Waals surface area contributed by atoms with Gasteiger partial charge in [-0.25, -0.2) is 4.39 Å². The molecule has 0 spiro atoms. The molecule has 0 aliphatic rings. The number of halogens is 2. The van der Waals surface area contributed by atoms with Crippen LogP contribution >= 0.6 is 11.6 Å². The minimum Gasteiger partial charge on any atom is -0.480 e. The SMILES string of the molecule is CC(C#N)(C[C@@H](Cc1ccc(-c2cc(Cl)ccc2F)cc1)NC(=O)c1cn[nH]n1)C(=O)O. The van der Waals surface area contributed by atoms with Gasteiger partial charge in [0.25, 0.3) is 5.91 Å². The lowest BCUT2D eigenvalue weighted by Crippen LogP contribution is -2.42. The van der Waals surface area contributed by atoms with E-state index >= 15 is 0 Å². The van der Waals surface area contributed by atoms with E-state index in [4.69, 9.17) is 11.6 Å². The first-order valence-corrected chi connectivity index (χ1v) is 9.95. The Hall–Kier alpha value is -3.77. The third-order valence-electron chi connectivity index (χ3n) is 5.03. The Balaban J connectivity index is 1.83. The molecule has 2 atom stereocenters. The number of aromatic nitrogens is 3. The number of carboxylic acids is 1. The van der Waals surface area contributed by atoms with E-state index in [1.165, 1.54) is 31.3 Å². The highest BCUT2D eigenvalue weighted by atomic mass is 35.5. The summed E-state index contributed by atoms with van der Waals surface area (Å²) in [6, 6.07) is 12.3. The molecule has 0 aliphatic carbocycles. The van der Waals surface area contributed by atoms with E-state index in [-0.39, 0.29) is 18.5 Å². The van der Waals surface area contributed by atoms with Crippen LogP contribution in [0.3, 0.4) is 0 Å². The summed E-state index contributed by atoms with van der Waals surface area (Å²) < 4.78 is 14.1. The second-order valence-electron chi connectivity index (χ2n) is 7.50. The van der Waals surface area contributed by atoms with Crippen molar-refractivity contribution in [3.05, 3.63) is 70.8 Å². The lowest BCUT2D eigenvalue weighted by Gasteiger charge is -2.25. The molecule has 3 aromatic rings. The third kappa shape index (κ3) is 5.28. The van der Waals surface area contributed by atoms with Gasteiger partial charge in [-0.2, -0.15) is 20.7 Å². The lowest BCUT2D eigenvalue weighted by molar-refractivity contribution is -0.145. The minimum absolute atomic E-state index is 0.0377. The van der Waals surface area contributed by atoms with Gasteiger partial charge < -0.3 is 10.4 Å². The zero-order chi connectivity index (χ0) is 23.3. The molecule has 2 aromatic carbocycles. The van der Waals surface area contributed by atoms with E-state index in [0.29, 0.717) is 16.1 Å². The standard InChI is InChI=1S/C22H19ClFN5O3/c1-22(12-25,21(31)32)10-16(27-20(30)19-11-26-29-28-19)8-13-2-4-14(5-3-13)17-9-15(23)6-7-18(17)24/h2-7,9,11,16H,8,10H2,1H3,(H,27,30)(H,31,32)(H,26,28,29)/t16-,22?/m1/s1. The topological polar surface area (TPSA) is 132 Å². The summed E-state index contributed by atoms with van der Waals surface area (Å²) >= 11 is 5.97. The maximum absolute atomic E-state index is 14.1. The molecule has 164 valence electrons. The molecule has 8 nitrogen and oxygen atoms in total. The van der Waals surface area contributed by atoms with Gasteiger partial charge in [0.05, 0.1) is 12.3 Å². The number of aromatic amines is 1. The van der Waals surface area contributed by atoms with Gasteiger partial charge in [-0.1, -0.05) is 35.9 Å². The molecule has 1 unspecified atom stereocenters. The summed E-state index contributed by atoms with van der Waals surface area (Å²) in [7, 11) is 0. The number of amides is 1. The summed E-state index contributed by atoms with van der Waals surface area (Å²) in [5.74, 6) is -2.24. The van der Waals surface area contributed by atoms with E-state index in [1.807, 2.05) is 0 Å². The number of benzene rings is 2. The van der Waals surface area contributed by atoms with E-state index in [2.05, 4.69) is 20.7 Å². The van der Waals surface area contributed by atoms with E-state index < -0.39 is 29.2 Å². The van der Waals surface area contributed by atoms with Crippen LogP contribution < -0.4 is 5.32 Å². The molecular weight excluding hydrogens is 437 g/mol. The number of aliphatic carboxylic acids is 1. The smallest absolute Gasteiger partial charge is 0.323 e. The van der Waals surface area contributed by atoms with Crippen LogP contribution in [-0.4, -0.2) is 38.4 Å². The molecule has 3 rings (SSSR count). The Labute approximate surface area is 188 Å². The Morgan fingerprint density at radius 2 is 2.03 bits per heavy atom. The first-order valence-electron chi connectivity index (χ1n) is 9.57. The van der Waals surface area contributed by atoms with Crippen LogP contribution in [0.2, 0.25) is 5.02 Å². The lowest BCUT2D eigenvalue weighted by atomic mass is 9.83. The first-order chi connectivity index (χ1) is 15.2. The number of nitrogens with one attached hydrogen (secondary N) is 2. The monoisotopic (exact) mass is 455 g/mol. The summed E-state index contributed by atoms with van der Waals surface area (Å²) in [6.45, 7) is 1.30. The van der Waals surface area contributed by atoms with Crippen molar-refractivity contribution in [3.63, 3.8) is 0 Å². The number of hydrogen-bond acceptors (Lipinski definition) is 5. The highest BCUT2D eigenvalue weighted by molar-refractivity contribution is 6.30. The first kappa shape index (κ1) is 22.9. The van der Waals surface area contributed by atoms with Crippen molar-refractivity contribution in [1.29, 1.82) is 5.26 Å². The van der Waals surface area contributed by atoms with Crippen molar-refractivity contribution in [2.45, 2.75) is 25.8 Å². The van der Waals surface area contributed by atoms with Gasteiger partial charge in [0.15, 0.2) is 11.1 Å². The summed E-state index contributed by atoms with van der Waals surface area (Å²) in [5, 5.41) is 31.6. The van der Waals surface area contributed by atoms with Crippen LogP contribution in [0.15, 0.2) is 48.7 Å². The number of carbonyl (C=O) groups is 2. The normalized spacial score (nSPS) is 13.6. The fraction of sp³-hybridized carbons (Fsp3) is 0.227. The summed E-state index contributed by atoms with van der Waals surface area (Å²) in [5.41, 5.74) is 0.0568. The van der Waals surface area contributed by atoms with Gasteiger partial charge in [-0.3, -0.25) is 9.59 Å². The van der Waals surface area contributed by atoms with Gasteiger partial charge in [0.1, 0.15) is 5.82 Å². The van der Waals surface area contributed by atoms with Crippen molar-refractivity contribution in [1.82, 2.24) is 20.7 Å². The van der Waals surface area contributed by atoms with Crippen molar-refractivity contribution in [2.75, 3.05) is 0 Å². The Morgan fingerprint density at radius 1 is 1.31 bits per heavy atom. The van der Waals surface area contributed by atoms with Crippen LogP contribution in [0.5, 0.6) is 0 Å². The molecule has 1 heterocycles. The highest BCUT2D eigenvalue weighted by Gasteiger charge is 2.37. The van der Waals surface area contributed by atoms with Crippen molar-refractivity contribution in [3.8, 4) is 17.2 Å². The zero-order valence-electron chi connectivity index (χ0n) is 17.0. The highest BCUT2D eigenvalue weighted by Crippen LogP contribution is 2.28. The van der Waals surface area contributed by atoms with Gasteiger partial charge in [-0.05, 0) is 49.1 Å². The minimum atomic E-state index is -1.70. The molecule has 0 saturated carbocycles. The van der Waals surface area contributed by atoms with E-state index in [1.54, 1.807) is 30.3 Å². The molecule has 0 aliphatic heterocycles. The summed E-state index contributed by atoms with van der Waals surface area (Å²) in [6.07, 6.45) is 1.35. The van der Waals surface area contributed by atoms with Crippen molar-refractivity contribution >= 4 is 23.5 Å². The number of H-pyrrole nitrogens is 1. The summed E-state index contributed by atoms with van der Waals surface area (Å²) in [4.78, 5) is 24.0. The molecule has 0 bridgehead atoms. The van der Waals surface area contributed by atoms with Crippen LogP contribution in [0.4, 0.5) is 4.39 Å². The maximum atomic E-state index is 14.1. The van der Waals surface area contributed by atoms with Gasteiger partial charge in [0, 0.05) is 16.6 Å². The predicted octanol–water partition coefficient (Wildman–Crippen LogP) is 3.61. The molecule has 0 saturated heterocycles. The average molecular weight is 456 g/mol. The van der Waals surface area contributed by atoms with Crippen LogP contribution in [0.25, 0.3) is 11.1 Å². The second-order valence-corrected chi connectivity index (χ2v) is 7.94. The second kappa shape index (κ2) is 9.58. The molecule has 1 amide bonds. The molecule has 0 fully saturated rings. The molecule has 3 N–H and O–H groups in total. The van der Waals surface area contributed by atoms with E-state index in [9.17, 15) is 24.3 Å². The number of carboxylic acid groups (broad SMARTS) is 1. The molecule has 10 heteroatoms. The van der Waals surface area contributed by atoms with Crippen LogP contribution in [-0.2, 0) is 11.2 Å². The number of carbonyl (C=O) groups excluding carboxylic acids is 1. The molecule has 32 heavy (non-hydrogen) atoms. The maximum Gasteiger partial charge on any atom is 0.323 e. The van der Waals surface area contributed by atoms with Crippen LogP contribution in [0, 0.1) is 22.6 Å². The molecule has 1 aromatic heterocycles. The van der Waals surface area contributed by atoms with Crippen molar-refractivity contribution < 1.29 is 19.1 Å². The Morgan fingerprint density at radius 3 is 2.62 bits per heavy atom. The molecule has 0 radical (unpaired) electrons. The number of hydrogen-bond donors (Lipinski definition) is 3. The zero-order valence-corrected chi connectivity index (χ0v) is 17.7. The van der Waals surface area contributed by atoms with Gasteiger partial charge in [-0.15, -0.1) is 0 Å². The fourth-order valence-corrected chi connectivity index (χ4v) is 3.41. The van der Waals surface area contributed by atoms with Gasteiger partial charge in [0.2, 0.25) is 0 Å². The van der Waals surface area contributed by atoms with Crippen LogP contribution in [0.1, 0.15) is 29.4 Å². The third-order valence-corrected chi connectivity index (χ3v) is 5.27. The molecular formula is C22H19ClFN5O3. The van der Waals surface area contributed by atoms with Crippen molar-refractivity contribution in [2.24, 2.45) is 5.41 Å². The van der Waals surface area contributed by atoms with E-state index in [0.717, 1.165) is 5.56 Å². The number of nitrogens with zero attached hydrogens (tertiary/aromatic N) is 3. The number of nitriles is 1. The largest absolute Gasteiger partial charge is 0.480 e. The Bertz CT molecular complexity index is 1160. The predicted molar refractivity (Wildman–Crippen MR) is 114 cm³/mol. The Kier molecular flexibility index (Phi) is 6.85. The van der Waals surface area contributed by atoms with Gasteiger partial charge >= 0.3 is 5.97 Å².